The van der Waals surface area contributed by atoms with Gasteiger partial charge in [-0.05, 0) is 56.2 Å². The van der Waals surface area contributed by atoms with Crippen LogP contribution in [0.5, 0.6) is 5.88 Å². The number of imidazole rings is 1. The number of alkyl halides is 3. The van der Waals surface area contributed by atoms with Crippen molar-refractivity contribution in [2.24, 2.45) is 0 Å². The Morgan fingerprint density at radius 1 is 1.09 bits per heavy atom. The van der Waals surface area contributed by atoms with Crippen LogP contribution in [0.15, 0.2) is 54.9 Å². The van der Waals surface area contributed by atoms with Crippen molar-refractivity contribution in [3.63, 3.8) is 0 Å². The van der Waals surface area contributed by atoms with E-state index in [0.29, 0.717) is 52.8 Å². The Labute approximate surface area is 251 Å². The number of aromatic nitrogens is 3. The van der Waals surface area contributed by atoms with Gasteiger partial charge in [0, 0.05) is 44.0 Å². The lowest BCUT2D eigenvalue weighted by Crippen LogP contribution is -2.57. The summed E-state index contributed by atoms with van der Waals surface area (Å²) >= 11 is 6.14. The molecule has 0 spiro atoms. The topological polar surface area (TPSA) is 75.0 Å². The Morgan fingerprint density at radius 3 is 2.51 bits per heavy atom. The number of pyridine rings is 2. The average Bonchev–Trinajstić information content (AvgIpc) is 3.34. The quantitative estimate of drug-likeness (QED) is 0.242. The van der Waals surface area contributed by atoms with Gasteiger partial charge in [0.25, 0.3) is 5.91 Å². The number of nitrogens with zero attached hydrogens (tertiary/aromatic N) is 5. The summed E-state index contributed by atoms with van der Waals surface area (Å²) in [5, 5.41) is 3.35. The maximum Gasteiger partial charge on any atom is 0.422 e. The highest BCUT2D eigenvalue weighted by Gasteiger charge is 2.32. The van der Waals surface area contributed by atoms with Gasteiger partial charge >= 0.3 is 6.18 Å². The van der Waals surface area contributed by atoms with Crippen molar-refractivity contribution in [3.8, 4) is 5.88 Å². The fraction of sp³-hybridized carbons (Fsp3) is 0.367. The number of carbonyl (C=O) groups is 1. The minimum atomic E-state index is -4.44. The van der Waals surface area contributed by atoms with Gasteiger partial charge in [-0.15, -0.1) is 0 Å². The van der Waals surface area contributed by atoms with Crippen molar-refractivity contribution in [1.82, 2.24) is 19.7 Å². The van der Waals surface area contributed by atoms with Gasteiger partial charge in [-0.3, -0.25) is 9.20 Å². The van der Waals surface area contributed by atoms with E-state index in [-0.39, 0.29) is 30.4 Å². The third-order valence-corrected chi connectivity index (χ3v) is 7.62. The zero-order valence-corrected chi connectivity index (χ0v) is 24.6. The molecular weight excluding hydrogens is 588 g/mol. The van der Waals surface area contributed by atoms with E-state index >= 15 is 4.39 Å². The summed E-state index contributed by atoms with van der Waals surface area (Å²) in [6.45, 7) is 5.67. The number of carbonyl (C=O) groups excluding carboxylic acids is 1. The van der Waals surface area contributed by atoms with Crippen LogP contribution in [0.25, 0.3) is 5.65 Å². The molecule has 13 heteroatoms. The largest absolute Gasteiger partial charge is 0.468 e. The Morgan fingerprint density at radius 2 is 1.84 bits per heavy atom. The van der Waals surface area contributed by atoms with Crippen LogP contribution in [0.3, 0.4) is 0 Å². The van der Waals surface area contributed by atoms with Crippen molar-refractivity contribution < 1.29 is 27.1 Å². The number of piperazine rings is 1. The highest BCUT2D eigenvalue weighted by molar-refractivity contribution is 6.30. The number of halogens is 5. The highest BCUT2D eigenvalue weighted by atomic mass is 35.5. The van der Waals surface area contributed by atoms with E-state index in [0.717, 1.165) is 5.69 Å². The molecule has 4 heterocycles. The second kappa shape index (κ2) is 12.3. The van der Waals surface area contributed by atoms with Crippen LogP contribution >= 0.6 is 11.6 Å². The molecule has 0 aliphatic carbocycles. The monoisotopic (exact) mass is 618 g/mol. The molecule has 1 saturated heterocycles. The van der Waals surface area contributed by atoms with Crippen LogP contribution in [0.2, 0.25) is 5.02 Å². The van der Waals surface area contributed by atoms with Crippen LogP contribution in [-0.4, -0.2) is 58.2 Å². The van der Waals surface area contributed by atoms with Crippen LogP contribution < -0.4 is 19.9 Å². The maximum absolute atomic E-state index is 15.4. The van der Waals surface area contributed by atoms with Crippen LogP contribution in [0.4, 0.5) is 28.9 Å². The molecule has 1 aliphatic rings. The van der Waals surface area contributed by atoms with E-state index in [1.807, 2.05) is 25.7 Å². The average molecular weight is 619 g/mol. The molecule has 43 heavy (non-hydrogen) atoms. The van der Waals surface area contributed by atoms with Gasteiger partial charge in [-0.2, -0.15) is 13.2 Å². The van der Waals surface area contributed by atoms with E-state index in [1.54, 1.807) is 40.9 Å². The lowest BCUT2D eigenvalue weighted by molar-refractivity contribution is -0.154. The molecule has 1 aromatic carbocycles. The zero-order chi connectivity index (χ0) is 30.9. The second-order valence-electron chi connectivity index (χ2n) is 10.6. The second-order valence-corrected chi connectivity index (χ2v) is 11.0. The molecule has 8 nitrogen and oxygen atoms in total. The van der Waals surface area contributed by atoms with E-state index in [9.17, 15) is 18.0 Å². The molecule has 1 aliphatic heterocycles. The van der Waals surface area contributed by atoms with Crippen LogP contribution in [0.1, 0.15) is 42.5 Å². The summed E-state index contributed by atoms with van der Waals surface area (Å²) in [7, 11) is 0. The Hall–Kier alpha value is -4.06. The summed E-state index contributed by atoms with van der Waals surface area (Å²) in [5.74, 6) is -0.834. The number of hydrogen-bond donors (Lipinski definition) is 1. The van der Waals surface area contributed by atoms with E-state index in [4.69, 9.17) is 16.3 Å². The zero-order valence-electron chi connectivity index (χ0n) is 23.8. The third-order valence-electron chi connectivity index (χ3n) is 7.40. The molecule has 3 aromatic heterocycles. The number of ether oxygens (including phenoxy) is 1. The number of aryl methyl sites for hydroxylation is 1. The number of benzene rings is 1. The van der Waals surface area contributed by atoms with Gasteiger partial charge in [0.2, 0.25) is 5.88 Å². The first-order chi connectivity index (χ1) is 20.4. The van der Waals surface area contributed by atoms with Gasteiger partial charge in [0.05, 0.1) is 28.3 Å². The van der Waals surface area contributed by atoms with E-state index in [2.05, 4.69) is 20.2 Å². The van der Waals surface area contributed by atoms with Crippen molar-refractivity contribution in [2.75, 3.05) is 29.5 Å². The van der Waals surface area contributed by atoms with Gasteiger partial charge < -0.3 is 19.9 Å². The van der Waals surface area contributed by atoms with Gasteiger partial charge in [-0.25, -0.2) is 14.4 Å². The molecule has 1 amide bonds. The fourth-order valence-corrected chi connectivity index (χ4v) is 5.48. The number of amides is 1. The van der Waals surface area contributed by atoms with Gasteiger partial charge in [0.15, 0.2) is 6.61 Å². The fourth-order valence-electron chi connectivity index (χ4n) is 5.32. The number of fused-ring (bicyclic) bond motifs is 1. The molecule has 5 rings (SSSR count). The first kappa shape index (κ1) is 30.4. The molecule has 0 radical (unpaired) electrons. The highest BCUT2D eigenvalue weighted by Crippen LogP contribution is 2.30. The molecule has 1 N–H and O–H groups in total. The van der Waals surface area contributed by atoms with Crippen LogP contribution in [-0.2, 0) is 13.0 Å². The van der Waals surface area contributed by atoms with Gasteiger partial charge in [-0.1, -0.05) is 24.6 Å². The van der Waals surface area contributed by atoms with Gasteiger partial charge in [0.1, 0.15) is 17.2 Å². The Bertz CT molecular complexity index is 1610. The van der Waals surface area contributed by atoms with Crippen molar-refractivity contribution in [1.29, 1.82) is 0 Å². The molecule has 0 unspecified atom stereocenters. The maximum atomic E-state index is 15.4. The molecule has 1 fully saturated rings. The van der Waals surface area contributed by atoms with Crippen molar-refractivity contribution >= 4 is 34.5 Å². The molecular formula is C30H31ClF4N6O2. The predicted octanol–water partition coefficient (Wildman–Crippen LogP) is 6.06. The summed E-state index contributed by atoms with van der Waals surface area (Å²) in [6, 6.07) is 11.4. The van der Waals surface area contributed by atoms with E-state index < -0.39 is 18.6 Å². The number of anilines is 2. The Balaban J connectivity index is 1.23. The normalized spacial score (nSPS) is 17.4. The summed E-state index contributed by atoms with van der Waals surface area (Å²) in [6.07, 6.45) is -0.745. The Kier molecular flexibility index (Phi) is 8.68. The molecule has 2 atom stereocenters. The minimum absolute atomic E-state index is 0.0370. The number of hydrogen-bond acceptors (Lipinski definition) is 6. The third kappa shape index (κ3) is 6.79. The first-order valence-corrected chi connectivity index (χ1v) is 14.2. The lowest BCUT2D eigenvalue weighted by Gasteiger charge is -2.46. The van der Waals surface area contributed by atoms with Crippen LogP contribution in [0, 0.1) is 5.82 Å². The summed E-state index contributed by atoms with van der Waals surface area (Å²) < 4.78 is 59.1. The first-order valence-electron chi connectivity index (χ1n) is 13.9. The standard InChI is InChI=1S/C30H31ClF4N6O2/c1-4-24-28(41-16-21(31)6-9-26(41)38-24)29(42)37-12-20-5-8-25(23(32)11-20)40-15-18(2)39(14-19(40)3)22-7-10-27(36-13-22)43-17-30(33,34)35/h5-11,13,16,18-19H,4,12,14-15,17H2,1-3H3,(H,37,42)/t18-,19+/m0/s1. The SMILES string of the molecule is CCc1nc2ccc(Cl)cn2c1C(=O)NCc1ccc(N2C[C@H](C)N(c3ccc(OCC(F)(F)F)nc3)C[C@H]2C)c(F)c1. The molecule has 228 valence electrons. The van der Waals surface area contributed by atoms with E-state index in [1.165, 1.54) is 18.3 Å². The predicted molar refractivity (Wildman–Crippen MR) is 157 cm³/mol. The molecule has 4 aromatic rings. The smallest absolute Gasteiger partial charge is 0.422 e. The number of nitrogens with one attached hydrogen (secondary N) is 1. The van der Waals surface area contributed by atoms with Crippen molar-refractivity contribution in [3.05, 3.63) is 82.6 Å². The molecule has 0 saturated carbocycles. The number of rotatable bonds is 8. The minimum Gasteiger partial charge on any atom is -0.468 e. The molecule has 0 bridgehead atoms. The lowest BCUT2D eigenvalue weighted by atomic mass is 10.1. The summed E-state index contributed by atoms with van der Waals surface area (Å²) in [5.41, 5.74) is 3.46. The van der Waals surface area contributed by atoms with Crippen molar-refractivity contribution in [2.45, 2.75) is 52.0 Å². The summed E-state index contributed by atoms with van der Waals surface area (Å²) in [4.78, 5) is 25.7.